The highest BCUT2D eigenvalue weighted by Gasteiger charge is 2.16. The van der Waals surface area contributed by atoms with Crippen LogP contribution in [-0.2, 0) is 0 Å². The van der Waals surface area contributed by atoms with Crippen molar-refractivity contribution >= 4 is 17.5 Å². The van der Waals surface area contributed by atoms with E-state index in [1.165, 1.54) is 5.57 Å². The van der Waals surface area contributed by atoms with Gasteiger partial charge in [0.1, 0.15) is 12.4 Å². The second kappa shape index (κ2) is 6.23. The zero-order valence-electron chi connectivity index (χ0n) is 13.3. The Bertz CT molecular complexity index is 659. The molecule has 0 aromatic heterocycles. The zero-order chi connectivity index (χ0) is 15.5. The Labute approximate surface area is 131 Å². The molecule has 5 nitrogen and oxygen atoms in total. The molecule has 0 saturated heterocycles. The van der Waals surface area contributed by atoms with Crippen molar-refractivity contribution in [2.24, 2.45) is 5.10 Å². The Morgan fingerprint density at radius 1 is 1.27 bits per heavy atom. The van der Waals surface area contributed by atoms with Crippen molar-refractivity contribution in [1.29, 1.82) is 0 Å². The van der Waals surface area contributed by atoms with Crippen LogP contribution in [0.1, 0.15) is 12.5 Å². The maximum absolute atomic E-state index is 5.78. The summed E-state index contributed by atoms with van der Waals surface area (Å²) in [6.07, 6.45) is 4.23. The summed E-state index contributed by atoms with van der Waals surface area (Å²) in [5.74, 6) is 0.906. The zero-order valence-corrected chi connectivity index (χ0v) is 13.3. The number of ether oxygens (including phenoxy) is 1. The van der Waals surface area contributed by atoms with Crippen molar-refractivity contribution in [3.05, 3.63) is 41.1 Å². The van der Waals surface area contributed by atoms with Gasteiger partial charge in [0.15, 0.2) is 0 Å². The van der Waals surface area contributed by atoms with Crippen LogP contribution in [-0.4, -0.2) is 44.4 Å². The minimum Gasteiger partial charge on any atom is -0.492 e. The SMILES string of the molecule is CC1=NNC/C1=C1\C=Cc2cc(OCCN(C)C)ccc2N1. The van der Waals surface area contributed by atoms with Crippen LogP contribution in [0.25, 0.3) is 6.08 Å². The summed E-state index contributed by atoms with van der Waals surface area (Å²) in [4.78, 5) is 2.11. The number of hydrogen-bond acceptors (Lipinski definition) is 5. The standard InChI is InChI=1S/C17H22N4O/c1-12-15(11-18-20-12)17-6-4-13-10-14(5-7-16(13)19-17)22-9-8-21(2)3/h4-7,10,18-19H,8-9,11H2,1-3H3/b17-15-. The Kier molecular flexibility index (Phi) is 4.15. The summed E-state index contributed by atoms with van der Waals surface area (Å²) in [5, 5.41) is 7.70. The topological polar surface area (TPSA) is 48.9 Å². The smallest absolute Gasteiger partial charge is 0.120 e. The van der Waals surface area contributed by atoms with Gasteiger partial charge in [0, 0.05) is 29.1 Å². The molecule has 1 aromatic rings. The summed E-state index contributed by atoms with van der Waals surface area (Å²) in [5.41, 5.74) is 8.63. The highest BCUT2D eigenvalue weighted by molar-refractivity contribution is 6.02. The van der Waals surface area contributed by atoms with E-state index in [9.17, 15) is 0 Å². The Balaban J connectivity index is 1.74. The number of anilines is 1. The summed E-state index contributed by atoms with van der Waals surface area (Å²) >= 11 is 0. The lowest BCUT2D eigenvalue weighted by atomic mass is 10.0. The van der Waals surface area contributed by atoms with Gasteiger partial charge in [-0.2, -0.15) is 5.10 Å². The highest BCUT2D eigenvalue weighted by Crippen LogP contribution is 2.30. The molecule has 0 saturated carbocycles. The first-order valence-electron chi connectivity index (χ1n) is 7.51. The van der Waals surface area contributed by atoms with E-state index in [1.54, 1.807) is 0 Å². The predicted octanol–water partition coefficient (Wildman–Crippen LogP) is 2.30. The third-order valence-electron chi connectivity index (χ3n) is 3.79. The van der Waals surface area contributed by atoms with Crippen LogP contribution >= 0.6 is 0 Å². The second-order valence-electron chi connectivity index (χ2n) is 5.78. The normalized spacial score (nSPS) is 19.5. The molecule has 1 aromatic carbocycles. The first-order valence-corrected chi connectivity index (χ1v) is 7.51. The van der Waals surface area contributed by atoms with Gasteiger partial charge in [0.05, 0.1) is 12.3 Å². The van der Waals surface area contributed by atoms with E-state index in [0.29, 0.717) is 6.61 Å². The van der Waals surface area contributed by atoms with Gasteiger partial charge in [-0.15, -0.1) is 0 Å². The fourth-order valence-corrected chi connectivity index (χ4v) is 2.49. The summed E-state index contributed by atoms with van der Waals surface area (Å²) < 4.78 is 5.78. The molecule has 116 valence electrons. The van der Waals surface area contributed by atoms with Gasteiger partial charge >= 0.3 is 0 Å². The third kappa shape index (κ3) is 3.14. The van der Waals surface area contributed by atoms with Gasteiger partial charge < -0.3 is 20.4 Å². The number of rotatable bonds is 4. The van der Waals surface area contributed by atoms with E-state index in [2.05, 4.69) is 45.0 Å². The van der Waals surface area contributed by atoms with Crippen LogP contribution in [0.15, 0.2) is 40.6 Å². The number of hydrazone groups is 1. The molecule has 0 bridgehead atoms. The molecule has 2 aliphatic rings. The molecule has 0 unspecified atom stereocenters. The average Bonchev–Trinajstić information content (AvgIpc) is 2.92. The molecule has 3 rings (SSSR count). The van der Waals surface area contributed by atoms with Gasteiger partial charge in [-0.1, -0.05) is 6.08 Å². The average molecular weight is 298 g/mol. The van der Waals surface area contributed by atoms with Gasteiger partial charge in [-0.3, -0.25) is 0 Å². The van der Waals surface area contributed by atoms with Gasteiger partial charge in [-0.25, -0.2) is 0 Å². The van der Waals surface area contributed by atoms with Gasteiger partial charge in [0.2, 0.25) is 0 Å². The van der Waals surface area contributed by atoms with E-state index < -0.39 is 0 Å². The first kappa shape index (κ1) is 14.7. The number of likely N-dealkylation sites (N-methyl/N-ethyl adjacent to an activating group) is 1. The quantitative estimate of drug-likeness (QED) is 0.895. The second-order valence-corrected chi connectivity index (χ2v) is 5.78. The lowest BCUT2D eigenvalue weighted by molar-refractivity contribution is 0.261. The van der Waals surface area contributed by atoms with Crippen LogP contribution < -0.4 is 15.5 Å². The first-order chi connectivity index (χ1) is 10.6. The number of nitrogens with one attached hydrogen (secondary N) is 2. The van der Waals surface area contributed by atoms with Crippen molar-refractivity contribution in [1.82, 2.24) is 10.3 Å². The predicted molar refractivity (Wildman–Crippen MR) is 91.3 cm³/mol. The maximum Gasteiger partial charge on any atom is 0.120 e. The van der Waals surface area contributed by atoms with Gasteiger partial charge in [-0.05, 0) is 45.3 Å². The molecule has 2 heterocycles. The maximum atomic E-state index is 5.78. The fourth-order valence-electron chi connectivity index (χ4n) is 2.49. The molecule has 2 N–H and O–H groups in total. The molecule has 0 radical (unpaired) electrons. The molecular weight excluding hydrogens is 276 g/mol. The van der Waals surface area contributed by atoms with Crippen LogP contribution in [0, 0.1) is 0 Å². The van der Waals surface area contributed by atoms with Crippen LogP contribution in [0.2, 0.25) is 0 Å². The molecule has 0 spiro atoms. The van der Waals surface area contributed by atoms with Crippen molar-refractivity contribution < 1.29 is 4.74 Å². The number of fused-ring (bicyclic) bond motifs is 1. The number of hydrogen-bond donors (Lipinski definition) is 2. The lowest BCUT2D eigenvalue weighted by Gasteiger charge is -2.19. The Hall–Kier alpha value is -2.27. The van der Waals surface area contributed by atoms with Crippen molar-refractivity contribution in [3.63, 3.8) is 0 Å². The fraction of sp³-hybridized carbons (Fsp3) is 0.353. The molecule has 0 amide bonds. The van der Waals surface area contributed by atoms with Gasteiger partial charge in [0.25, 0.3) is 0 Å². The summed E-state index contributed by atoms with van der Waals surface area (Å²) in [7, 11) is 4.09. The largest absolute Gasteiger partial charge is 0.492 e. The summed E-state index contributed by atoms with van der Waals surface area (Å²) in [6, 6.07) is 6.15. The molecule has 5 heteroatoms. The molecular formula is C17H22N4O. The van der Waals surface area contributed by atoms with E-state index in [0.717, 1.165) is 41.5 Å². The van der Waals surface area contributed by atoms with Crippen molar-refractivity contribution in [2.45, 2.75) is 6.92 Å². The molecule has 0 aliphatic carbocycles. The van der Waals surface area contributed by atoms with Crippen LogP contribution in [0.3, 0.4) is 0 Å². The van der Waals surface area contributed by atoms with E-state index in [4.69, 9.17) is 4.74 Å². The summed E-state index contributed by atoms with van der Waals surface area (Å²) in [6.45, 7) is 4.40. The Morgan fingerprint density at radius 2 is 2.14 bits per heavy atom. The van der Waals surface area contributed by atoms with E-state index in [-0.39, 0.29) is 0 Å². The van der Waals surface area contributed by atoms with Crippen LogP contribution in [0.4, 0.5) is 5.69 Å². The van der Waals surface area contributed by atoms with Crippen LogP contribution in [0.5, 0.6) is 5.75 Å². The minimum absolute atomic E-state index is 0.694. The third-order valence-corrected chi connectivity index (χ3v) is 3.79. The number of benzene rings is 1. The molecule has 0 atom stereocenters. The van der Waals surface area contributed by atoms with E-state index >= 15 is 0 Å². The molecule has 0 fully saturated rings. The highest BCUT2D eigenvalue weighted by atomic mass is 16.5. The molecule has 22 heavy (non-hydrogen) atoms. The van der Waals surface area contributed by atoms with Crippen molar-refractivity contribution in [2.75, 3.05) is 39.1 Å². The van der Waals surface area contributed by atoms with Crippen molar-refractivity contribution in [3.8, 4) is 5.75 Å². The minimum atomic E-state index is 0.694. The lowest BCUT2D eigenvalue weighted by Crippen LogP contribution is -2.19. The van der Waals surface area contributed by atoms with E-state index in [1.807, 2.05) is 27.1 Å². The number of nitrogens with zero attached hydrogens (tertiary/aromatic N) is 2. The molecule has 2 aliphatic heterocycles. The number of allylic oxidation sites excluding steroid dienone is 1. The monoisotopic (exact) mass is 298 g/mol. The Morgan fingerprint density at radius 3 is 2.86 bits per heavy atom.